The summed E-state index contributed by atoms with van der Waals surface area (Å²) >= 11 is 0. The van der Waals surface area contributed by atoms with Gasteiger partial charge in [0.1, 0.15) is 5.82 Å². The average molecular weight is 198 g/mol. The zero-order chi connectivity index (χ0) is 10.6. The molecule has 0 saturated carbocycles. The van der Waals surface area contributed by atoms with Crippen molar-refractivity contribution >= 4 is 0 Å². The van der Waals surface area contributed by atoms with Crippen molar-refractivity contribution in [3.8, 4) is 0 Å². The van der Waals surface area contributed by atoms with Crippen molar-refractivity contribution in [2.45, 2.75) is 25.9 Å². The Labute approximate surface area is 83.0 Å². The van der Waals surface area contributed by atoms with Crippen molar-refractivity contribution < 1.29 is 9.50 Å². The van der Waals surface area contributed by atoms with Crippen LogP contribution >= 0.6 is 0 Å². The van der Waals surface area contributed by atoms with E-state index in [-0.39, 0.29) is 24.5 Å². The van der Waals surface area contributed by atoms with E-state index in [4.69, 9.17) is 5.11 Å². The van der Waals surface area contributed by atoms with E-state index in [9.17, 15) is 4.39 Å². The van der Waals surface area contributed by atoms with Crippen molar-refractivity contribution in [2.75, 3.05) is 6.61 Å². The fourth-order valence-corrected chi connectivity index (χ4v) is 1.21. The van der Waals surface area contributed by atoms with Gasteiger partial charge in [-0.3, -0.25) is 4.98 Å². The zero-order valence-electron chi connectivity index (χ0n) is 8.37. The van der Waals surface area contributed by atoms with Gasteiger partial charge in [-0.15, -0.1) is 0 Å². The topological polar surface area (TPSA) is 45.1 Å². The number of hydrogen-bond donors (Lipinski definition) is 2. The van der Waals surface area contributed by atoms with Crippen LogP contribution in [0.15, 0.2) is 18.3 Å². The van der Waals surface area contributed by atoms with Crippen LogP contribution in [-0.2, 0) is 0 Å². The molecule has 1 aromatic rings. The van der Waals surface area contributed by atoms with Crippen LogP contribution in [0.2, 0.25) is 0 Å². The molecule has 3 nitrogen and oxygen atoms in total. The fraction of sp³-hybridized carbons (Fsp3) is 0.500. The maximum absolute atomic E-state index is 12.6. The lowest BCUT2D eigenvalue weighted by atomic mass is 10.2. The summed E-state index contributed by atoms with van der Waals surface area (Å²) in [5, 5.41) is 12.0. The normalized spacial score (nSPS) is 15.1. The van der Waals surface area contributed by atoms with Gasteiger partial charge in [-0.1, -0.05) is 0 Å². The Balaban J connectivity index is 2.60. The van der Waals surface area contributed by atoms with Crippen LogP contribution < -0.4 is 5.32 Å². The predicted molar refractivity (Wildman–Crippen MR) is 52.3 cm³/mol. The van der Waals surface area contributed by atoms with Crippen molar-refractivity contribution in [3.63, 3.8) is 0 Å². The van der Waals surface area contributed by atoms with Crippen molar-refractivity contribution in [1.82, 2.24) is 10.3 Å². The molecule has 78 valence electrons. The minimum Gasteiger partial charge on any atom is -0.395 e. The van der Waals surface area contributed by atoms with Gasteiger partial charge in [-0.2, -0.15) is 0 Å². The number of pyridine rings is 1. The first-order valence-corrected chi connectivity index (χ1v) is 4.62. The maximum atomic E-state index is 12.6. The monoisotopic (exact) mass is 198 g/mol. The highest BCUT2D eigenvalue weighted by atomic mass is 19.1. The van der Waals surface area contributed by atoms with E-state index in [1.165, 1.54) is 12.3 Å². The third-order valence-electron chi connectivity index (χ3n) is 2.00. The Kier molecular flexibility index (Phi) is 3.98. The molecule has 1 rings (SSSR count). The summed E-state index contributed by atoms with van der Waals surface area (Å²) in [5.41, 5.74) is 0.770. The van der Waals surface area contributed by atoms with Gasteiger partial charge in [-0.25, -0.2) is 4.39 Å². The number of halogens is 1. The van der Waals surface area contributed by atoms with E-state index in [2.05, 4.69) is 10.3 Å². The molecule has 0 fully saturated rings. The second-order valence-electron chi connectivity index (χ2n) is 3.37. The van der Waals surface area contributed by atoms with E-state index in [0.717, 1.165) is 5.69 Å². The quantitative estimate of drug-likeness (QED) is 0.765. The Morgan fingerprint density at radius 3 is 2.71 bits per heavy atom. The first-order chi connectivity index (χ1) is 6.63. The first-order valence-electron chi connectivity index (χ1n) is 4.62. The largest absolute Gasteiger partial charge is 0.395 e. The molecule has 0 bridgehead atoms. The summed E-state index contributed by atoms with van der Waals surface area (Å²) in [6.07, 6.45) is 1.19. The summed E-state index contributed by atoms with van der Waals surface area (Å²) in [6.45, 7) is 3.87. The molecule has 0 radical (unpaired) electrons. The maximum Gasteiger partial charge on any atom is 0.141 e. The summed E-state index contributed by atoms with van der Waals surface area (Å²) in [6, 6.07) is 3.04. The molecule has 1 heterocycles. The van der Waals surface area contributed by atoms with Gasteiger partial charge in [0.05, 0.1) is 18.5 Å². The molecule has 0 amide bonds. The fourth-order valence-electron chi connectivity index (χ4n) is 1.21. The lowest BCUT2D eigenvalue weighted by Crippen LogP contribution is -2.32. The summed E-state index contributed by atoms with van der Waals surface area (Å²) in [7, 11) is 0. The van der Waals surface area contributed by atoms with Gasteiger partial charge >= 0.3 is 0 Å². The second kappa shape index (κ2) is 5.02. The number of nitrogens with one attached hydrogen (secondary N) is 1. The number of aliphatic hydroxyl groups is 1. The molecule has 0 aliphatic rings. The molecular formula is C10H15FN2O. The SMILES string of the molecule is CC(N[C@@H](C)CO)c1ccc(F)cn1. The second-order valence-corrected chi connectivity index (χ2v) is 3.37. The highest BCUT2D eigenvalue weighted by molar-refractivity contribution is 5.09. The van der Waals surface area contributed by atoms with Gasteiger partial charge in [0.2, 0.25) is 0 Å². The van der Waals surface area contributed by atoms with E-state index < -0.39 is 0 Å². The summed E-state index contributed by atoms with van der Waals surface area (Å²) < 4.78 is 12.6. The molecule has 0 aromatic carbocycles. The van der Waals surface area contributed by atoms with Crippen LogP contribution in [0.4, 0.5) is 4.39 Å². The minimum atomic E-state index is -0.337. The van der Waals surface area contributed by atoms with E-state index in [1.807, 2.05) is 13.8 Å². The number of nitrogens with zero attached hydrogens (tertiary/aromatic N) is 1. The highest BCUT2D eigenvalue weighted by Gasteiger charge is 2.09. The molecule has 0 aliphatic heterocycles. The number of hydrogen-bond acceptors (Lipinski definition) is 3. The third-order valence-corrected chi connectivity index (χ3v) is 2.00. The van der Waals surface area contributed by atoms with Gasteiger partial charge in [0.15, 0.2) is 0 Å². The molecule has 2 N–H and O–H groups in total. The molecule has 4 heteroatoms. The molecule has 0 saturated heterocycles. The Bertz CT molecular complexity index is 276. The lowest BCUT2D eigenvalue weighted by Gasteiger charge is -2.17. The predicted octanol–water partition coefficient (Wildman–Crippen LogP) is 1.25. The summed E-state index contributed by atoms with van der Waals surface area (Å²) in [5.74, 6) is -0.337. The van der Waals surface area contributed by atoms with E-state index in [1.54, 1.807) is 6.07 Å². The Hall–Kier alpha value is -1.00. The van der Waals surface area contributed by atoms with Crippen molar-refractivity contribution in [3.05, 3.63) is 29.8 Å². The number of rotatable bonds is 4. The standard InChI is InChI=1S/C10H15FN2O/c1-7(6-14)13-8(2)10-4-3-9(11)5-12-10/h3-5,7-8,13-14H,6H2,1-2H3/t7-,8?/m0/s1. The van der Waals surface area contributed by atoms with Gasteiger partial charge in [0.25, 0.3) is 0 Å². The Morgan fingerprint density at radius 1 is 1.50 bits per heavy atom. The van der Waals surface area contributed by atoms with Crippen LogP contribution in [-0.4, -0.2) is 22.7 Å². The van der Waals surface area contributed by atoms with Crippen LogP contribution in [0.25, 0.3) is 0 Å². The van der Waals surface area contributed by atoms with Crippen molar-refractivity contribution in [1.29, 1.82) is 0 Å². The molecule has 1 unspecified atom stereocenters. The van der Waals surface area contributed by atoms with Gasteiger partial charge in [0, 0.05) is 12.1 Å². The molecule has 14 heavy (non-hydrogen) atoms. The lowest BCUT2D eigenvalue weighted by molar-refractivity contribution is 0.242. The smallest absolute Gasteiger partial charge is 0.141 e. The number of aliphatic hydroxyl groups excluding tert-OH is 1. The van der Waals surface area contributed by atoms with Crippen molar-refractivity contribution in [2.24, 2.45) is 0 Å². The van der Waals surface area contributed by atoms with Gasteiger partial charge < -0.3 is 10.4 Å². The van der Waals surface area contributed by atoms with Gasteiger partial charge in [-0.05, 0) is 26.0 Å². The number of aromatic nitrogens is 1. The molecule has 2 atom stereocenters. The van der Waals surface area contributed by atoms with Crippen LogP contribution in [0, 0.1) is 5.82 Å². The zero-order valence-corrected chi connectivity index (χ0v) is 8.37. The molecular weight excluding hydrogens is 183 g/mol. The average Bonchev–Trinajstić information content (AvgIpc) is 2.18. The summed E-state index contributed by atoms with van der Waals surface area (Å²) in [4.78, 5) is 3.95. The first kappa shape index (κ1) is 11.1. The Morgan fingerprint density at radius 2 is 2.21 bits per heavy atom. The third kappa shape index (κ3) is 3.05. The molecule has 0 spiro atoms. The van der Waals surface area contributed by atoms with Crippen LogP contribution in [0.5, 0.6) is 0 Å². The van der Waals surface area contributed by atoms with Crippen LogP contribution in [0.3, 0.4) is 0 Å². The van der Waals surface area contributed by atoms with Crippen LogP contribution in [0.1, 0.15) is 25.6 Å². The van der Waals surface area contributed by atoms with E-state index in [0.29, 0.717) is 0 Å². The minimum absolute atomic E-state index is 0.0110. The molecule has 1 aromatic heterocycles. The van der Waals surface area contributed by atoms with E-state index >= 15 is 0 Å². The molecule has 0 aliphatic carbocycles. The highest BCUT2D eigenvalue weighted by Crippen LogP contribution is 2.09.